The minimum atomic E-state index is 0.241. The second-order valence-electron chi connectivity index (χ2n) is 6.28. The van der Waals surface area contributed by atoms with E-state index in [0.717, 1.165) is 55.4 Å². The van der Waals surface area contributed by atoms with Gasteiger partial charge in [-0.15, -0.1) is 0 Å². The van der Waals surface area contributed by atoms with E-state index >= 15 is 0 Å². The molecule has 0 bridgehead atoms. The first-order valence-electron chi connectivity index (χ1n) is 8.17. The van der Waals surface area contributed by atoms with Gasteiger partial charge < -0.3 is 5.32 Å². The number of hydrogen-bond donors (Lipinski definition) is 1. The van der Waals surface area contributed by atoms with Crippen molar-refractivity contribution in [3.05, 3.63) is 16.4 Å². The van der Waals surface area contributed by atoms with Crippen LogP contribution in [0, 0.1) is 6.92 Å². The van der Waals surface area contributed by atoms with Crippen LogP contribution in [0.25, 0.3) is 0 Å². The predicted molar refractivity (Wildman–Crippen MR) is 88.8 cm³/mol. The maximum absolute atomic E-state index is 6.47. The lowest BCUT2D eigenvalue weighted by Gasteiger charge is -2.46. The van der Waals surface area contributed by atoms with Crippen molar-refractivity contribution in [2.75, 3.05) is 13.1 Å². The highest BCUT2D eigenvalue weighted by Gasteiger charge is 2.35. The van der Waals surface area contributed by atoms with Gasteiger partial charge in [0.2, 0.25) is 0 Å². The van der Waals surface area contributed by atoms with E-state index in [9.17, 15) is 0 Å². The maximum atomic E-state index is 6.47. The average molecular weight is 313 g/mol. The predicted octanol–water partition coefficient (Wildman–Crippen LogP) is 3.22. The second-order valence-corrected chi connectivity index (χ2v) is 6.66. The zero-order valence-corrected chi connectivity index (χ0v) is 14.8. The lowest BCUT2D eigenvalue weighted by molar-refractivity contribution is 0.0724. The molecule has 1 aromatic rings. The molecular formula is C16H29ClN4. The summed E-state index contributed by atoms with van der Waals surface area (Å²) in [6.07, 6.45) is 2.32. The number of aromatic nitrogens is 2. The molecular weight excluding hydrogens is 284 g/mol. The van der Waals surface area contributed by atoms with Gasteiger partial charge in [-0.25, -0.2) is 0 Å². The van der Waals surface area contributed by atoms with Gasteiger partial charge in [0.15, 0.2) is 0 Å². The molecule has 0 radical (unpaired) electrons. The molecule has 120 valence electrons. The van der Waals surface area contributed by atoms with Crippen LogP contribution in [-0.2, 0) is 13.1 Å². The van der Waals surface area contributed by atoms with E-state index in [1.165, 1.54) is 0 Å². The molecule has 0 aromatic carbocycles. The molecule has 21 heavy (non-hydrogen) atoms. The number of rotatable bonds is 5. The van der Waals surface area contributed by atoms with Crippen molar-refractivity contribution in [1.82, 2.24) is 20.0 Å². The molecule has 2 heterocycles. The van der Waals surface area contributed by atoms with Gasteiger partial charge in [0.1, 0.15) is 0 Å². The van der Waals surface area contributed by atoms with Crippen LogP contribution in [0.1, 0.15) is 51.9 Å². The summed E-state index contributed by atoms with van der Waals surface area (Å²) in [6, 6.07) is 0.521. The van der Waals surface area contributed by atoms with Crippen LogP contribution in [-0.4, -0.2) is 39.4 Å². The van der Waals surface area contributed by atoms with Crippen molar-refractivity contribution in [3.63, 3.8) is 0 Å². The van der Waals surface area contributed by atoms with E-state index in [1.807, 2.05) is 11.6 Å². The lowest BCUT2D eigenvalue weighted by atomic mass is 9.88. The van der Waals surface area contributed by atoms with E-state index in [1.54, 1.807) is 0 Å². The fourth-order valence-corrected chi connectivity index (χ4v) is 3.44. The molecule has 1 aliphatic heterocycles. The molecule has 1 saturated heterocycles. The van der Waals surface area contributed by atoms with Crippen LogP contribution in [0.4, 0.5) is 0 Å². The molecule has 1 unspecified atom stereocenters. The van der Waals surface area contributed by atoms with Gasteiger partial charge in [-0.2, -0.15) is 5.10 Å². The van der Waals surface area contributed by atoms with Crippen molar-refractivity contribution < 1.29 is 0 Å². The third-order valence-corrected chi connectivity index (χ3v) is 5.55. The Balaban J connectivity index is 2.21. The Morgan fingerprint density at radius 2 is 2.00 bits per heavy atom. The molecule has 1 aliphatic rings. The number of nitrogens with zero attached hydrogens (tertiary/aromatic N) is 3. The molecule has 4 nitrogen and oxygen atoms in total. The first kappa shape index (κ1) is 16.8. The number of aryl methyl sites for hydroxylation is 2. The molecule has 1 atom stereocenters. The van der Waals surface area contributed by atoms with Crippen LogP contribution in [0.5, 0.6) is 0 Å². The smallest absolute Gasteiger partial charge is 0.0860 e. The summed E-state index contributed by atoms with van der Waals surface area (Å²) in [6.45, 7) is 14.8. The average Bonchev–Trinajstić information content (AvgIpc) is 2.77. The summed E-state index contributed by atoms with van der Waals surface area (Å²) < 4.78 is 2.05. The van der Waals surface area contributed by atoms with Crippen LogP contribution < -0.4 is 5.32 Å². The molecule has 1 aromatic heterocycles. The summed E-state index contributed by atoms with van der Waals surface area (Å²) in [5.74, 6) is 0. The maximum Gasteiger partial charge on any atom is 0.0860 e. The zero-order valence-electron chi connectivity index (χ0n) is 14.0. The van der Waals surface area contributed by atoms with Gasteiger partial charge >= 0.3 is 0 Å². The highest BCUT2D eigenvalue weighted by molar-refractivity contribution is 6.31. The third kappa shape index (κ3) is 3.27. The molecule has 0 saturated carbocycles. The van der Waals surface area contributed by atoms with Crippen LogP contribution in [0.2, 0.25) is 5.02 Å². The molecule has 0 aliphatic carbocycles. The van der Waals surface area contributed by atoms with E-state index < -0.39 is 0 Å². The van der Waals surface area contributed by atoms with E-state index in [4.69, 9.17) is 11.6 Å². The summed E-state index contributed by atoms with van der Waals surface area (Å²) in [5.41, 5.74) is 2.34. The highest BCUT2D eigenvalue weighted by atomic mass is 35.5. The number of nitrogens with one attached hydrogen (secondary N) is 1. The van der Waals surface area contributed by atoms with Gasteiger partial charge in [0.05, 0.1) is 16.4 Å². The minimum Gasteiger partial charge on any atom is -0.308 e. The van der Waals surface area contributed by atoms with E-state index in [2.05, 4.69) is 43.0 Å². The summed E-state index contributed by atoms with van der Waals surface area (Å²) in [5, 5.41) is 9.12. The van der Waals surface area contributed by atoms with Gasteiger partial charge in [-0.3, -0.25) is 9.58 Å². The molecule has 1 N–H and O–H groups in total. The Labute approximate surface area is 133 Å². The molecule has 1 fully saturated rings. The fourth-order valence-electron chi connectivity index (χ4n) is 3.24. The van der Waals surface area contributed by atoms with E-state index in [-0.39, 0.29) is 5.54 Å². The molecule has 0 amide bonds. The molecule has 5 heteroatoms. The van der Waals surface area contributed by atoms with Gasteiger partial charge in [-0.1, -0.05) is 25.4 Å². The number of hydrogen-bond acceptors (Lipinski definition) is 3. The largest absolute Gasteiger partial charge is 0.308 e. The second kappa shape index (κ2) is 6.67. The van der Waals surface area contributed by atoms with E-state index in [0.29, 0.717) is 6.04 Å². The Hall–Kier alpha value is -0.580. The first-order valence-corrected chi connectivity index (χ1v) is 8.55. The van der Waals surface area contributed by atoms with Crippen LogP contribution in [0.3, 0.4) is 0 Å². The van der Waals surface area contributed by atoms with Crippen molar-refractivity contribution in [3.8, 4) is 0 Å². The normalized spacial score (nSPS) is 22.7. The zero-order chi connectivity index (χ0) is 15.6. The van der Waals surface area contributed by atoms with Crippen molar-refractivity contribution in [2.24, 2.45) is 0 Å². The molecule has 0 spiro atoms. The van der Waals surface area contributed by atoms with Crippen molar-refractivity contribution >= 4 is 11.6 Å². The minimum absolute atomic E-state index is 0.241. The highest BCUT2D eigenvalue weighted by Crippen LogP contribution is 2.27. The summed E-state index contributed by atoms with van der Waals surface area (Å²) in [4.78, 5) is 2.55. The van der Waals surface area contributed by atoms with Crippen molar-refractivity contribution in [2.45, 2.75) is 72.1 Å². The molecule has 2 rings (SSSR count). The summed E-state index contributed by atoms with van der Waals surface area (Å²) >= 11 is 6.47. The van der Waals surface area contributed by atoms with Crippen LogP contribution in [0.15, 0.2) is 0 Å². The van der Waals surface area contributed by atoms with Crippen molar-refractivity contribution in [1.29, 1.82) is 0 Å². The van der Waals surface area contributed by atoms with Gasteiger partial charge in [0.25, 0.3) is 0 Å². The monoisotopic (exact) mass is 312 g/mol. The Morgan fingerprint density at radius 1 is 1.33 bits per heavy atom. The van der Waals surface area contributed by atoms with Crippen LogP contribution >= 0.6 is 11.6 Å². The Bertz CT molecular complexity index is 479. The summed E-state index contributed by atoms with van der Waals surface area (Å²) in [7, 11) is 0. The standard InChI is InChI=1S/C16H29ClN4/c1-6-16(7-2)11-20(12(4)9-18-16)10-14-15(17)13(5)19-21(14)8-3/h12,18H,6-11H2,1-5H3. The van der Waals surface area contributed by atoms with Gasteiger partial charge in [-0.05, 0) is 33.6 Å². The first-order chi connectivity index (χ1) is 9.96. The topological polar surface area (TPSA) is 33.1 Å². The fraction of sp³-hybridized carbons (Fsp3) is 0.812. The van der Waals surface area contributed by atoms with Gasteiger partial charge in [0, 0.05) is 37.8 Å². The quantitative estimate of drug-likeness (QED) is 0.906. The Morgan fingerprint density at radius 3 is 2.57 bits per heavy atom. The Kier molecular flexibility index (Phi) is 5.33. The number of halogens is 1. The SMILES string of the molecule is CCn1nc(C)c(Cl)c1CN1CC(CC)(CC)NCC1C. The number of piperazine rings is 1. The lowest BCUT2D eigenvalue weighted by Crippen LogP contribution is -2.62. The third-order valence-electron chi connectivity index (χ3n) is 5.06.